The summed E-state index contributed by atoms with van der Waals surface area (Å²) >= 11 is 0. The molecule has 1 aliphatic rings. The highest BCUT2D eigenvalue weighted by Gasteiger charge is 2.27. The Morgan fingerprint density at radius 2 is 1.96 bits per heavy atom. The van der Waals surface area contributed by atoms with Gasteiger partial charge in [0, 0.05) is 12.0 Å². The number of nitrogens with one attached hydrogen (secondary N) is 1. The molecule has 1 atom stereocenters. The highest BCUT2D eigenvalue weighted by Crippen LogP contribution is 2.38. The maximum atomic E-state index is 12.6. The van der Waals surface area contributed by atoms with Gasteiger partial charge in [-0.3, -0.25) is 9.59 Å². The van der Waals surface area contributed by atoms with Crippen molar-refractivity contribution >= 4 is 17.6 Å². The number of hydrogen-bond donors (Lipinski definition) is 1. The average Bonchev–Trinajstić information content (AvgIpc) is 3.46. The first-order valence-electron chi connectivity index (χ1n) is 8.09. The van der Waals surface area contributed by atoms with E-state index >= 15 is 0 Å². The van der Waals surface area contributed by atoms with E-state index in [0.717, 1.165) is 18.5 Å². The molecule has 25 heavy (non-hydrogen) atoms. The van der Waals surface area contributed by atoms with Crippen LogP contribution in [0, 0.1) is 0 Å². The van der Waals surface area contributed by atoms with Gasteiger partial charge in [-0.15, -0.1) is 0 Å². The van der Waals surface area contributed by atoms with Gasteiger partial charge in [0.05, 0.1) is 24.1 Å². The quantitative estimate of drug-likeness (QED) is 0.841. The van der Waals surface area contributed by atoms with Crippen LogP contribution in [0.3, 0.4) is 0 Å². The maximum absolute atomic E-state index is 12.6. The van der Waals surface area contributed by atoms with E-state index < -0.39 is 17.9 Å². The molecular weight excluding hydrogens is 322 g/mol. The standard InChI is InChI=1S/C18H19N3O4/c1-11(21-16(22)10-9-14(20-21)12-7-8-12)17(23)19-15-6-4-3-5-13(15)18(24)25-2/h3-6,9-12H,7-8H2,1-2H3,(H,19,23). The predicted octanol–water partition coefficient (Wildman–Crippen LogP) is 2.11. The summed E-state index contributed by atoms with van der Waals surface area (Å²) in [4.78, 5) is 36.4. The van der Waals surface area contributed by atoms with Crippen LogP contribution >= 0.6 is 0 Å². The van der Waals surface area contributed by atoms with Crippen LogP contribution in [0.5, 0.6) is 0 Å². The fraction of sp³-hybridized carbons (Fsp3) is 0.333. The molecule has 1 amide bonds. The van der Waals surface area contributed by atoms with E-state index in [1.165, 1.54) is 17.9 Å². The van der Waals surface area contributed by atoms with Gasteiger partial charge < -0.3 is 10.1 Å². The molecule has 0 bridgehead atoms. The van der Waals surface area contributed by atoms with Gasteiger partial charge in [0.15, 0.2) is 0 Å². The largest absolute Gasteiger partial charge is 0.465 e. The summed E-state index contributed by atoms with van der Waals surface area (Å²) in [6, 6.07) is 8.89. The molecule has 130 valence electrons. The van der Waals surface area contributed by atoms with Crippen molar-refractivity contribution in [3.63, 3.8) is 0 Å². The van der Waals surface area contributed by atoms with Crippen molar-refractivity contribution in [3.05, 3.63) is 58.0 Å². The van der Waals surface area contributed by atoms with Crippen LogP contribution in [-0.2, 0) is 9.53 Å². The van der Waals surface area contributed by atoms with Gasteiger partial charge in [0.1, 0.15) is 6.04 Å². The highest BCUT2D eigenvalue weighted by atomic mass is 16.5. The third-order valence-electron chi connectivity index (χ3n) is 4.18. The lowest BCUT2D eigenvalue weighted by Gasteiger charge is -2.16. The number of carbonyl (C=O) groups is 2. The van der Waals surface area contributed by atoms with Crippen LogP contribution in [0.1, 0.15) is 47.8 Å². The van der Waals surface area contributed by atoms with E-state index in [4.69, 9.17) is 4.74 Å². The molecule has 1 unspecified atom stereocenters. The van der Waals surface area contributed by atoms with Gasteiger partial charge >= 0.3 is 5.97 Å². The van der Waals surface area contributed by atoms with E-state index in [9.17, 15) is 14.4 Å². The summed E-state index contributed by atoms with van der Waals surface area (Å²) in [6.07, 6.45) is 2.11. The average molecular weight is 341 g/mol. The van der Waals surface area contributed by atoms with Crippen molar-refractivity contribution in [2.45, 2.75) is 31.7 Å². The minimum atomic E-state index is -0.808. The molecule has 1 aromatic carbocycles. The summed E-state index contributed by atoms with van der Waals surface area (Å²) in [5.41, 5.74) is 1.07. The second-order valence-corrected chi connectivity index (χ2v) is 6.02. The molecular formula is C18H19N3O4. The third-order valence-corrected chi connectivity index (χ3v) is 4.18. The molecule has 0 saturated heterocycles. The lowest BCUT2D eigenvalue weighted by molar-refractivity contribution is -0.119. The number of methoxy groups -OCH3 is 1. The van der Waals surface area contributed by atoms with E-state index in [1.807, 2.05) is 0 Å². The van der Waals surface area contributed by atoms with E-state index in [0.29, 0.717) is 11.6 Å². The number of hydrogen-bond acceptors (Lipinski definition) is 5. The lowest BCUT2D eigenvalue weighted by atomic mass is 10.1. The molecule has 1 saturated carbocycles. The van der Waals surface area contributed by atoms with Crippen LogP contribution in [0.25, 0.3) is 0 Å². The van der Waals surface area contributed by atoms with Crippen molar-refractivity contribution in [3.8, 4) is 0 Å². The van der Waals surface area contributed by atoms with Gasteiger partial charge in [-0.1, -0.05) is 12.1 Å². The fourth-order valence-electron chi connectivity index (χ4n) is 2.54. The number of esters is 1. The molecule has 0 spiro atoms. The number of nitrogens with zero attached hydrogens (tertiary/aromatic N) is 2. The van der Waals surface area contributed by atoms with Crippen molar-refractivity contribution in [1.82, 2.24) is 9.78 Å². The smallest absolute Gasteiger partial charge is 0.339 e. The molecule has 1 heterocycles. The van der Waals surface area contributed by atoms with Gasteiger partial charge in [0.25, 0.3) is 5.56 Å². The zero-order valence-electron chi connectivity index (χ0n) is 14.1. The van der Waals surface area contributed by atoms with Gasteiger partial charge in [-0.2, -0.15) is 5.10 Å². The monoisotopic (exact) mass is 341 g/mol. The topological polar surface area (TPSA) is 90.3 Å². The predicted molar refractivity (Wildman–Crippen MR) is 91.6 cm³/mol. The molecule has 1 aliphatic carbocycles. The Labute approximate surface area is 144 Å². The van der Waals surface area contributed by atoms with Crippen LogP contribution in [0.2, 0.25) is 0 Å². The Morgan fingerprint density at radius 3 is 2.64 bits per heavy atom. The van der Waals surface area contributed by atoms with Crippen molar-refractivity contribution in [2.24, 2.45) is 0 Å². The number of ether oxygens (including phenoxy) is 1. The second-order valence-electron chi connectivity index (χ2n) is 6.02. The number of aromatic nitrogens is 2. The zero-order chi connectivity index (χ0) is 18.0. The Kier molecular flexibility index (Phi) is 4.65. The summed E-state index contributed by atoms with van der Waals surface area (Å²) in [6.45, 7) is 1.60. The maximum Gasteiger partial charge on any atom is 0.339 e. The fourth-order valence-corrected chi connectivity index (χ4v) is 2.54. The van der Waals surface area contributed by atoms with E-state index in [2.05, 4.69) is 10.4 Å². The van der Waals surface area contributed by atoms with E-state index in [-0.39, 0.29) is 11.1 Å². The SMILES string of the molecule is COC(=O)c1ccccc1NC(=O)C(C)n1nc(C2CC2)ccc1=O. The number of benzene rings is 1. The number of carbonyl (C=O) groups excluding carboxylic acids is 2. The van der Waals surface area contributed by atoms with Crippen molar-refractivity contribution in [2.75, 3.05) is 12.4 Å². The highest BCUT2D eigenvalue weighted by molar-refractivity contribution is 6.02. The molecule has 7 heteroatoms. The minimum absolute atomic E-state index is 0.248. The van der Waals surface area contributed by atoms with Crippen LogP contribution in [-0.4, -0.2) is 28.8 Å². The minimum Gasteiger partial charge on any atom is -0.465 e. The molecule has 7 nitrogen and oxygen atoms in total. The summed E-state index contributed by atoms with van der Waals surface area (Å²) in [7, 11) is 1.27. The number of rotatable bonds is 5. The lowest BCUT2D eigenvalue weighted by Crippen LogP contribution is -2.33. The number of para-hydroxylation sites is 1. The molecule has 3 rings (SSSR count). The molecule has 2 aromatic rings. The zero-order valence-corrected chi connectivity index (χ0v) is 14.1. The molecule has 1 N–H and O–H groups in total. The van der Waals surface area contributed by atoms with Crippen molar-refractivity contribution < 1.29 is 14.3 Å². The summed E-state index contributed by atoms with van der Waals surface area (Å²) in [5.74, 6) is -0.601. The number of amides is 1. The van der Waals surface area contributed by atoms with Crippen LogP contribution < -0.4 is 10.9 Å². The first kappa shape index (κ1) is 16.9. The first-order valence-corrected chi connectivity index (χ1v) is 8.09. The van der Waals surface area contributed by atoms with Gasteiger partial charge in [0.2, 0.25) is 5.91 Å². The van der Waals surface area contributed by atoms with Gasteiger partial charge in [-0.25, -0.2) is 9.48 Å². The molecule has 0 radical (unpaired) electrons. The number of anilines is 1. The van der Waals surface area contributed by atoms with Crippen LogP contribution in [0.4, 0.5) is 5.69 Å². The Balaban J connectivity index is 1.83. The molecule has 0 aliphatic heterocycles. The Bertz CT molecular complexity index is 871. The summed E-state index contributed by atoms with van der Waals surface area (Å²) < 4.78 is 5.90. The molecule has 1 fully saturated rings. The second kappa shape index (κ2) is 6.88. The molecule has 1 aromatic heterocycles. The van der Waals surface area contributed by atoms with Crippen molar-refractivity contribution in [1.29, 1.82) is 0 Å². The first-order chi connectivity index (χ1) is 12.0. The van der Waals surface area contributed by atoms with Gasteiger partial charge in [-0.05, 0) is 38.0 Å². The Morgan fingerprint density at radius 1 is 1.24 bits per heavy atom. The van der Waals surface area contributed by atoms with Crippen LogP contribution in [0.15, 0.2) is 41.2 Å². The van der Waals surface area contributed by atoms with E-state index in [1.54, 1.807) is 37.3 Å². The normalized spacial score (nSPS) is 14.6. The third kappa shape index (κ3) is 3.60. The Hall–Kier alpha value is -2.96. The summed E-state index contributed by atoms with van der Waals surface area (Å²) in [5, 5.41) is 7.00.